The van der Waals surface area contributed by atoms with E-state index in [-0.39, 0.29) is 5.75 Å². The van der Waals surface area contributed by atoms with Crippen molar-refractivity contribution < 1.29 is 12.9 Å². The number of hydrogen-bond donors (Lipinski definition) is 0. The Morgan fingerprint density at radius 2 is 1.69 bits per heavy atom. The second kappa shape index (κ2) is 9.41. The van der Waals surface area contributed by atoms with Gasteiger partial charge in [-0.2, -0.15) is 0 Å². The molecule has 0 atom stereocenters. The molecule has 1 aromatic carbocycles. The fourth-order valence-corrected chi connectivity index (χ4v) is 4.84. The molecule has 0 bridgehead atoms. The van der Waals surface area contributed by atoms with Gasteiger partial charge in [-0.15, -0.1) is 10.2 Å². The van der Waals surface area contributed by atoms with Crippen LogP contribution in [-0.4, -0.2) is 65.7 Å². The summed E-state index contributed by atoms with van der Waals surface area (Å²) >= 11 is 0. The van der Waals surface area contributed by atoms with Crippen LogP contribution in [-0.2, 0) is 35.1 Å². The van der Waals surface area contributed by atoms with Crippen LogP contribution < -0.4 is 4.90 Å². The minimum absolute atomic E-state index is 0.0591. The monoisotopic (exact) mass is 458 g/mol. The third kappa shape index (κ3) is 5.55. The molecule has 1 aliphatic heterocycles. The summed E-state index contributed by atoms with van der Waals surface area (Å²) in [5, 5.41) is 13.0. The molecular formula is C22H30N6O3S. The lowest BCUT2D eigenvalue weighted by atomic mass is 10.1. The van der Waals surface area contributed by atoms with Crippen LogP contribution in [0, 0.1) is 6.92 Å². The number of anilines is 1. The van der Waals surface area contributed by atoms with E-state index in [1.54, 1.807) is 0 Å². The molecule has 9 nitrogen and oxygen atoms in total. The normalized spacial score (nSPS) is 15.4. The summed E-state index contributed by atoms with van der Waals surface area (Å²) < 4.78 is 30.4. The van der Waals surface area contributed by atoms with Gasteiger partial charge in [-0.1, -0.05) is 36.3 Å². The molecule has 0 aliphatic carbocycles. The van der Waals surface area contributed by atoms with Gasteiger partial charge < -0.3 is 9.42 Å². The molecule has 4 rings (SSSR count). The third-order valence-corrected chi connectivity index (χ3v) is 6.49. The van der Waals surface area contributed by atoms with Gasteiger partial charge in [-0.3, -0.25) is 9.47 Å². The zero-order valence-corrected chi connectivity index (χ0v) is 19.7. The Morgan fingerprint density at radius 1 is 1.00 bits per heavy atom. The Morgan fingerprint density at radius 3 is 2.28 bits per heavy atom. The van der Waals surface area contributed by atoms with Crippen LogP contribution >= 0.6 is 0 Å². The number of rotatable bonds is 8. The number of aromatic nitrogens is 4. The van der Waals surface area contributed by atoms with Crippen LogP contribution in [0.1, 0.15) is 35.3 Å². The lowest BCUT2D eigenvalue weighted by Crippen LogP contribution is -2.47. The first kappa shape index (κ1) is 22.5. The SMILES string of the molecule is CCc1nnc(N2CCN(Cc3cc(C)on3)CC2)n1Cc1ccc(CS(C)(=O)=O)cc1. The van der Waals surface area contributed by atoms with Crippen LogP contribution in [0.2, 0.25) is 0 Å². The van der Waals surface area contributed by atoms with Gasteiger partial charge in [0, 0.05) is 51.5 Å². The molecule has 1 saturated heterocycles. The summed E-state index contributed by atoms with van der Waals surface area (Å²) in [6, 6.07) is 9.73. The van der Waals surface area contributed by atoms with Crippen molar-refractivity contribution in [2.45, 2.75) is 39.1 Å². The van der Waals surface area contributed by atoms with Crippen LogP contribution in [0.5, 0.6) is 0 Å². The summed E-state index contributed by atoms with van der Waals surface area (Å²) in [7, 11) is -3.04. The third-order valence-electron chi connectivity index (χ3n) is 5.63. The number of benzene rings is 1. The standard InChI is InChI=1S/C22H30N6O3S/c1-4-21-23-24-22(27-11-9-26(10-12-27)15-20-13-17(2)31-25-20)28(21)14-18-5-7-19(8-6-18)16-32(3,29)30/h5-8,13H,4,9-12,14-16H2,1-3H3. The van der Waals surface area contributed by atoms with Crippen molar-refractivity contribution in [3.05, 3.63) is 58.7 Å². The van der Waals surface area contributed by atoms with Gasteiger partial charge in [-0.05, 0) is 18.1 Å². The molecule has 0 saturated carbocycles. The molecule has 0 spiro atoms. The smallest absolute Gasteiger partial charge is 0.227 e. The molecule has 1 fully saturated rings. The maximum absolute atomic E-state index is 11.5. The minimum Gasteiger partial charge on any atom is -0.361 e. The van der Waals surface area contributed by atoms with Crippen molar-refractivity contribution in [2.24, 2.45) is 0 Å². The lowest BCUT2D eigenvalue weighted by Gasteiger charge is -2.34. The highest BCUT2D eigenvalue weighted by Gasteiger charge is 2.23. The first-order valence-electron chi connectivity index (χ1n) is 10.9. The second-order valence-corrected chi connectivity index (χ2v) is 10.6. The van der Waals surface area contributed by atoms with Gasteiger partial charge in [0.05, 0.1) is 18.0 Å². The van der Waals surface area contributed by atoms with E-state index in [0.29, 0.717) is 6.54 Å². The van der Waals surface area contributed by atoms with E-state index in [4.69, 9.17) is 4.52 Å². The van der Waals surface area contributed by atoms with Gasteiger partial charge in [0.15, 0.2) is 9.84 Å². The molecule has 0 N–H and O–H groups in total. The molecule has 0 amide bonds. The highest BCUT2D eigenvalue weighted by atomic mass is 32.2. The van der Waals surface area contributed by atoms with Gasteiger partial charge >= 0.3 is 0 Å². The van der Waals surface area contributed by atoms with Crippen LogP contribution in [0.25, 0.3) is 0 Å². The maximum atomic E-state index is 11.5. The van der Waals surface area contributed by atoms with Crippen LogP contribution in [0.4, 0.5) is 5.95 Å². The van der Waals surface area contributed by atoms with Crippen molar-refractivity contribution in [3.63, 3.8) is 0 Å². The fraction of sp³-hybridized carbons (Fsp3) is 0.500. The number of aryl methyl sites for hydroxylation is 2. The highest BCUT2D eigenvalue weighted by molar-refractivity contribution is 7.89. The van der Waals surface area contributed by atoms with Gasteiger partial charge in [0.2, 0.25) is 5.95 Å². The molecule has 0 unspecified atom stereocenters. The van der Waals surface area contributed by atoms with Crippen molar-refractivity contribution in [2.75, 3.05) is 37.3 Å². The molecule has 32 heavy (non-hydrogen) atoms. The van der Waals surface area contributed by atoms with E-state index in [2.05, 4.69) is 36.6 Å². The number of nitrogens with zero attached hydrogens (tertiary/aromatic N) is 6. The zero-order valence-electron chi connectivity index (χ0n) is 18.9. The topological polar surface area (TPSA) is 97.4 Å². The number of piperazine rings is 1. The van der Waals surface area contributed by atoms with E-state index in [0.717, 1.165) is 73.5 Å². The quantitative estimate of drug-likeness (QED) is 0.506. The molecule has 3 aromatic rings. The molecule has 10 heteroatoms. The van der Waals surface area contributed by atoms with Crippen molar-refractivity contribution >= 4 is 15.8 Å². The Bertz CT molecular complexity index is 1140. The van der Waals surface area contributed by atoms with Gasteiger partial charge in [0.25, 0.3) is 0 Å². The van der Waals surface area contributed by atoms with Gasteiger partial charge in [-0.25, -0.2) is 8.42 Å². The molecule has 0 radical (unpaired) electrons. The predicted molar refractivity (Wildman–Crippen MR) is 122 cm³/mol. The highest BCUT2D eigenvalue weighted by Crippen LogP contribution is 2.20. The average Bonchev–Trinajstić information content (AvgIpc) is 3.34. The van der Waals surface area contributed by atoms with E-state index in [1.165, 1.54) is 6.26 Å². The Balaban J connectivity index is 1.43. The second-order valence-electron chi connectivity index (χ2n) is 8.43. The first-order valence-corrected chi connectivity index (χ1v) is 12.9. The Hall–Kier alpha value is -2.72. The van der Waals surface area contributed by atoms with E-state index < -0.39 is 9.84 Å². The molecule has 1 aliphatic rings. The minimum atomic E-state index is -3.04. The van der Waals surface area contributed by atoms with Crippen LogP contribution in [0.15, 0.2) is 34.9 Å². The summed E-state index contributed by atoms with van der Waals surface area (Å²) in [5.41, 5.74) is 2.86. The summed E-state index contributed by atoms with van der Waals surface area (Å²) in [6.07, 6.45) is 2.05. The summed E-state index contributed by atoms with van der Waals surface area (Å²) in [5.74, 6) is 2.73. The molecule has 3 heterocycles. The van der Waals surface area contributed by atoms with E-state index in [9.17, 15) is 8.42 Å². The van der Waals surface area contributed by atoms with E-state index >= 15 is 0 Å². The maximum Gasteiger partial charge on any atom is 0.227 e. The molecular weight excluding hydrogens is 428 g/mol. The first-order chi connectivity index (χ1) is 15.3. The van der Waals surface area contributed by atoms with Crippen molar-refractivity contribution in [1.29, 1.82) is 0 Å². The van der Waals surface area contributed by atoms with Crippen molar-refractivity contribution in [3.8, 4) is 0 Å². The van der Waals surface area contributed by atoms with Gasteiger partial charge in [0.1, 0.15) is 11.6 Å². The summed E-state index contributed by atoms with van der Waals surface area (Å²) in [4.78, 5) is 4.66. The molecule has 2 aromatic heterocycles. The molecule has 172 valence electrons. The Kier molecular flexibility index (Phi) is 6.61. The predicted octanol–water partition coefficient (Wildman–Crippen LogP) is 2.05. The van der Waals surface area contributed by atoms with Crippen molar-refractivity contribution in [1.82, 2.24) is 24.8 Å². The van der Waals surface area contributed by atoms with E-state index in [1.807, 2.05) is 37.3 Å². The largest absolute Gasteiger partial charge is 0.361 e. The van der Waals surface area contributed by atoms with Crippen LogP contribution in [0.3, 0.4) is 0 Å². The number of hydrogen-bond acceptors (Lipinski definition) is 8. The average molecular weight is 459 g/mol. The zero-order chi connectivity index (χ0) is 22.7. The number of sulfone groups is 1. The summed E-state index contributed by atoms with van der Waals surface area (Å²) in [6.45, 7) is 9.00. The lowest BCUT2D eigenvalue weighted by molar-refractivity contribution is 0.240. The fourth-order valence-electron chi connectivity index (χ4n) is 4.04. The Labute approximate surface area is 188 Å².